The smallest absolute Gasteiger partial charge is 0.102 e. The Morgan fingerprint density at radius 1 is 1.18 bits per heavy atom. The van der Waals surface area contributed by atoms with E-state index in [0.29, 0.717) is 21.2 Å². The lowest BCUT2D eigenvalue weighted by molar-refractivity contribution is 1.54. The zero-order chi connectivity index (χ0) is 12.3. The molecule has 0 saturated heterocycles. The van der Waals surface area contributed by atoms with Gasteiger partial charge in [0.15, 0.2) is 0 Å². The second kappa shape index (κ2) is 5.37. The van der Waals surface area contributed by atoms with Crippen molar-refractivity contribution < 1.29 is 0 Å². The van der Waals surface area contributed by atoms with E-state index in [2.05, 4.69) is 6.07 Å². The van der Waals surface area contributed by atoms with Crippen LogP contribution in [0.4, 0.5) is 0 Å². The van der Waals surface area contributed by atoms with Crippen LogP contribution in [0.2, 0.25) is 5.02 Å². The Morgan fingerprint density at radius 3 is 2.53 bits per heavy atom. The van der Waals surface area contributed by atoms with Crippen LogP contribution in [0, 0.1) is 11.3 Å². The Balaban J connectivity index is 2.58. The number of nitriles is 1. The molecule has 0 aliphatic carbocycles. The minimum Gasteiger partial charge on any atom is -0.192 e. The first kappa shape index (κ1) is 12.2. The van der Waals surface area contributed by atoms with Crippen LogP contribution >= 0.6 is 34.5 Å². The number of nitrogens with zero attached hydrogens (tertiary/aromatic N) is 1. The molecule has 0 aliphatic rings. The van der Waals surface area contributed by atoms with Gasteiger partial charge in [-0.25, -0.2) is 0 Å². The van der Waals surface area contributed by atoms with Gasteiger partial charge in [0.2, 0.25) is 0 Å². The summed E-state index contributed by atoms with van der Waals surface area (Å²) in [5, 5.41) is 12.0. The molecule has 0 radical (unpaired) electrons. The molecule has 2 aromatic rings. The average molecular weight is 280 g/mol. The molecule has 0 aliphatic heterocycles. The maximum atomic E-state index is 9.19. The maximum absolute atomic E-state index is 9.19. The minimum atomic E-state index is 0.389. The third-order valence-electron chi connectivity index (χ3n) is 2.21. The summed E-state index contributed by atoms with van der Waals surface area (Å²) in [4.78, 5) is 0.845. The molecular formula is C13H7Cl2NS. The van der Waals surface area contributed by atoms with Crippen molar-refractivity contribution in [1.29, 1.82) is 5.26 Å². The van der Waals surface area contributed by atoms with E-state index in [1.165, 1.54) is 11.3 Å². The molecule has 0 fully saturated rings. The largest absolute Gasteiger partial charge is 0.192 e. The van der Waals surface area contributed by atoms with Crippen LogP contribution in [0.3, 0.4) is 0 Å². The lowest BCUT2D eigenvalue weighted by atomic mass is 10.1. The summed E-state index contributed by atoms with van der Waals surface area (Å²) in [5.74, 6) is 0. The van der Waals surface area contributed by atoms with E-state index in [-0.39, 0.29) is 0 Å². The van der Waals surface area contributed by atoms with Gasteiger partial charge in [0, 0.05) is 15.5 Å². The van der Waals surface area contributed by atoms with Crippen molar-refractivity contribution in [1.82, 2.24) is 0 Å². The van der Waals surface area contributed by atoms with Crippen LogP contribution in [-0.4, -0.2) is 0 Å². The fourth-order valence-electron chi connectivity index (χ4n) is 1.41. The van der Waals surface area contributed by atoms with Crippen LogP contribution in [0.25, 0.3) is 10.6 Å². The number of hydrogen-bond acceptors (Lipinski definition) is 2. The molecule has 0 unspecified atom stereocenters. The molecule has 84 valence electrons. The average Bonchev–Trinajstić information content (AvgIpc) is 2.84. The standard InChI is InChI=1S/C13H7Cl2NS/c14-11-5-2-1-4-9(11)13(15)10(8-16)12-6-3-7-17-12/h1-7H. The highest BCUT2D eigenvalue weighted by Crippen LogP contribution is 2.34. The molecular weight excluding hydrogens is 273 g/mol. The molecule has 1 aromatic carbocycles. The van der Waals surface area contributed by atoms with Crippen LogP contribution in [0.15, 0.2) is 41.8 Å². The van der Waals surface area contributed by atoms with Crippen molar-refractivity contribution in [2.45, 2.75) is 0 Å². The van der Waals surface area contributed by atoms with Crippen LogP contribution < -0.4 is 0 Å². The number of halogens is 2. The Bertz CT molecular complexity index is 594. The molecule has 4 heteroatoms. The Kier molecular flexibility index (Phi) is 3.86. The molecule has 0 N–H and O–H groups in total. The highest BCUT2D eigenvalue weighted by molar-refractivity contribution is 7.11. The Labute approximate surface area is 114 Å². The second-order valence-electron chi connectivity index (χ2n) is 3.26. The second-order valence-corrected chi connectivity index (χ2v) is 4.99. The number of thiophene rings is 1. The zero-order valence-electron chi connectivity index (χ0n) is 8.65. The fourth-order valence-corrected chi connectivity index (χ4v) is 2.78. The van der Waals surface area contributed by atoms with Gasteiger partial charge in [-0.05, 0) is 17.5 Å². The highest BCUT2D eigenvalue weighted by Gasteiger charge is 2.12. The Hall–Kier alpha value is -1.27. The molecule has 1 nitrogen and oxygen atoms in total. The molecule has 0 spiro atoms. The molecule has 0 bridgehead atoms. The van der Waals surface area contributed by atoms with E-state index in [9.17, 15) is 5.26 Å². The SMILES string of the molecule is N#CC(=C(Cl)c1ccccc1Cl)c1cccs1. The first-order valence-electron chi connectivity index (χ1n) is 4.82. The van der Waals surface area contributed by atoms with Gasteiger partial charge >= 0.3 is 0 Å². The topological polar surface area (TPSA) is 23.8 Å². The summed E-state index contributed by atoms with van der Waals surface area (Å²) in [5.41, 5.74) is 1.13. The van der Waals surface area contributed by atoms with Crippen molar-refractivity contribution in [3.05, 3.63) is 57.2 Å². The van der Waals surface area contributed by atoms with Crippen LogP contribution in [0.5, 0.6) is 0 Å². The molecule has 17 heavy (non-hydrogen) atoms. The lowest BCUT2D eigenvalue weighted by Gasteiger charge is -2.04. The molecule has 0 amide bonds. The van der Waals surface area contributed by atoms with Crippen LogP contribution in [-0.2, 0) is 0 Å². The van der Waals surface area contributed by atoms with Crippen molar-refractivity contribution >= 4 is 45.1 Å². The third kappa shape index (κ3) is 2.53. The normalized spacial score (nSPS) is 11.8. The van der Waals surface area contributed by atoms with Gasteiger partial charge in [-0.3, -0.25) is 0 Å². The monoisotopic (exact) mass is 279 g/mol. The van der Waals surface area contributed by atoms with E-state index in [0.717, 1.165) is 4.88 Å². The summed E-state index contributed by atoms with van der Waals surface area (Å²) in [6.45, 7) is 0. The summed E-state index contributed by atoms with van der Waals surface area (Å²) in [7, 11) is 0. The molecule has 0 atom stereocenters. The number of hydrogen-bond donors (Lipinski definition) is 0. The molecule has 0 saturated carbocycles. The summed E-state index contributed by atoms with van der Waals surface area (Å²) >= 11 is 13.8. The van der Waals surface area contributed by atoms with E-state index < -0.39 is 0 Å². The molecule has 2 rings (SSSR count). The van der Waals surface area contributed by atoms with Gasteiger partial charge in [-0.2, -0.15) is 5.26 Å². The van der Waals surface area contributed by atoms with Gasteiger partial charge in [0.05, 0.1) is 10.6 Å². The van der Waals surface area contributed by atoms with E-state index in [1.54, 1.807) is 12.1 Å². The first-order valence-corrected chi connectivity index (χ1v) is 6.46. The maximum Gasteiger partial charge on any atom is 0.102 e. The third-order valence-corrected chi connectivity index (χ3v) is 3.82. The molecule has 1 heterocycles. The predicted molar refractivity (Wildman–Crippen MR) is 74.1 cm³/mol. The van der Waals surface area contributed by atoms with E-state index in [1.807, 2.05) is 29.6 Å². The minimum absolute atomic E-state index is 0.389. The molecule has 1 aromatic heterocycles. The summed E-state index contributed by atoms with van der Waals surface area (Å²) < 4.78 is 0. The van der Waals surface area contributed by atoms with Crippen molar-refractivity contribution in [3.8, 4) is 6.07 Å². The van der Waals surface area contributed by atoms with E-state index >= 15 is 0 Å². The van der Waals surface area contributed by atoms with Gasteiger partial charge in [0.25, 0.3) is 0 Å². The van der Waals surface area contributed by atoms with Gasteiger partial charge in [0.1, 0.15) is 6.07 Å². The quantitative estimate of drug-likeness (QED) is 0.707. The lowest BCUT2D eigenvalue weighted by Crippen LogP contribution is -1.84. The highest BCUT2D eigenvalue weighted by atomic mass is 35.5. The number of allylic oxidation sites excluding steroid dienone is 1. The first-order chi connectivity index (χ1) is 8.24. The van der Waals surface area contributed by atoms with Gasteiger partial charge < -0.3 is 0 Å². The fraction of sp³-hybridized carbons (Fsp3) is 0. The van der Waals surface area contributed by atoms with Crippen LogP contribution in [0.1, 0.15) is 10.4 Å². The van der Waals surface area contributed by atoms with Crippen molar-refractivity contribution in [2.24, 2.45) is 0 Å². The number of rotatable bonds is 2. The van der Waals surface area contributed by atoms with Crippen molar-refractivity contribution in [3.63, 3.8) is 0 Å². The van der Waals surface area contributed by atoms with E-state index in [4.69, 9.17) is 23.2 Å². The Morgan fingerprint density at radius 2 is 1.94 bits per heavy atom. The van der Waals surface area contributed by atoms with Gasteiger partial charge in [-0.1, -0.05) is 47.5 Å². The number of benzene rings is 1. The zero-order valence-corrected chi connectivity index (χ0v) is 11.0. The van der Waals surface area contributed by atoms with Crippen molar-refractivity contribution in [2.75, 3.05) is 0 Å². The summed E-state index contributed by atoms with van der Waals surface area (Å²) in [6, 6.07) is 13.1. The summed E-state index contributed by atoms with van der Waals surface area (Å²) in [6.07, 6.45) is 0. The van der Waals surface area contributed by atoms with Gasteiger partial charge in [-0.15, -0.1) is 11.3 Å². The predicted octanol–water partition coefficient (Wildman–Crippen LogP) is 5.03.